The zero-order valence-corrected chi connectivity index (χ0v) is 21.9. The lowest BCUT2D eigenvalue weighted by Crippen LogP contribution is -2.41. The molecule has 0 aliphatic rings. The first-order valence-corrected chi connectivity index (χ1v) is 13.4. The van der Waals surface area contributed by atoms with Crippen molar-refractivity contribution in [2.75, 3.05) is 0 Å². The van der Waals surface area contributed by atoms with Gasteiger partial charge in [-0.05, 0) is 42.0 Å². The number of esters is 1. The maximum atomic E-state index is 13.5. The van der Waals surface area contributed by atoms with Gasteiger partial charge >= 0.3 is 5.97 Å². The number of hydrogen-bond acceptors (Lipinski definition) is 4. The van der Waals surface area contributed by atoms with E-state index in [0.29, 0.717) is 32.4 Å². The van der Waals surface area contributed by atoms with Crippen LogP contribution in [0.5, 0.6) is 0 Å². The third-order valence-electron chi connectivity index (χ3n) is 6.33. The predicted octanol–water partition coefficient (Wildman–Crippen LogP) is 7.29. The van der Waals surface area contributed by atoms with Crippen molar-refractivity contribution in [3.05, 3.63) is 120 Å². The quantitative estimate of drug-likeness (QED) is 0.118. The van der Waals surface area contributed by atoms with E-state index in [1.165, 1.54) is 0 Å². The van der Waals surface area contributed by atoms with E-state index in [-0.39, 0.29) is 18.4 Å². The Kier molecular flexibility index (Phi) is 12.4. The van der Waals surface area contributed by atoms with Crippen LogP contribution in [-0.2, 0) is 34.0 Å². The minimum absolute atomic E-state index is 0.155. The van der Waals surface area contributed by atoms with Crippen LogP contribution in [0.2, 0.25) is 0 Å². The maximum absolute atomic E-state index is 13.5. The summed E-state index contributed by atoms with van der Waals surface area (Å²) >= 11 is 0. The van der Waals surface area contributed by atoms with E-state index >= 15 is 0 Å². The fourth-order valence-electron chi connectivity index (χ4n) is 4.29. The smallest absolute Gasteiger partial charge is 0.323 e. The van der Waals surface area contributed by atoms with Crippen molar-refractivity contribution in [2.24, 2.45) is 0 Å². The van der Waals surface area contributed by atoms with E-state index in [1.54, 1.807) is 6.08 Å². The Morgan fingerprint density at radius 2 is 1.32 bits per heavy atom. The zero-order chi connectivity index (χ0) is 26.1. The average Bonchev–Trinajstić information content (AvgIpc) is 2.93. The van der Waals surface area contributed by atoms with Gasteiger partial charge in [-0.1, -0.05) is 117 Å². The molecule has 0 amide bonds. The highest BCUT2D eigenvalue weighted by Gasteiger charge is 2.27. The SMILES string of the molecule is CCCCCC(=O)/C=C/CC[C@@H](C(=O)OCc1ccccc1)N(Cc1ccccc1)Cc1ccccc1. The number of ketones is 1. The molecule has 4 nitrogen and oxygen atoms in total. The summed E-state index contributed by atoms with van der Waals surface area (Å²) in [5.41, 5.74) is 3.24. The van der Waals surface area contributed by atoms with Gasteiger partial charge in [0.1, 0.15) is 12.6 Å². The molecule has 3 aromatic rings. The van der Waals surface area contributed by atoms with Gasteiger partial charge in [0, 0.05) is 19.5 Å². The fourth-order valence-corrected chi connectivity index (χ4v) is 4.29. The summed E-state index contributed by atoms with van der Waals surface area (Å²) in [6.07, 6.45) is 8.48. The Morgan fingerprint density at radius 1 is 0.784 bits per heavy atom. The van der Waals surface area contributed by atoms with E-state index in [0.717, 1.165) is 36.0 Å². The van der Waals surface area contributed by atoms with Gasteiger partial charge < -0.3 is 4.74 Å². The highest BCUT2D eigenvalue weighted by Crippen LogP contribution is 2.19. The highest BCUT2D eigenvalue weighted by atomic mass is 16.5. The van der Waals surface area contributed by atoms with E-state index in [2.05, 4.69) is 36.1 Å². The van der Waals surface area contributed by atoms with E-state index in [4.69, 9.17) is 4.74 Å². The van der Waals surface area contributed by atoms with Crippen LogP contribution in [0.25, 0.3) is 0 Å². The largest absolute Gasteiger partial charge is 0.460 e. The molecule has 37 heavy (non-hydrogen) atoms. The third kappa shape index (κ3) is 10.6. The van der Waals surface area contributed by atoms with E-state index in [1.807, 2.05) is 72.8 Å². The number of carbonyl (C=O) groups is 2. The van der Waals surface area contributed by atoms with Gasteiger partial charge in [0.25, 0.3) is 0 Å². The minimum Gasteiger partial charge on any atom is -0.460 e. The molecule has 0 aromatic heterocycles. The molecule has 0 unspecified atom stereocenters. The average molecular weight is 498 g/mol. The van der Waals surface area contributed by atoms with Crippen molar-refractivity contribution in [3.63, 3.8) is 0 Å². The lowest BCUT2D eigenvalue weighted by molar-refractivity contribution is -0.152. The standard InChI is InChI=1S/C33H39NO3/c1-2-3-7-22-31(35)23-14-15-24-32(33(36)37-27-30-20-12-6-13-21-30)34(25-28-16-8-4-9-17-28)26-29-18-10-5-11-19-29/h4-6,8-14,16-21,23,32H,2-3,7,15,22,24-27H2,1H3/b23-14+/t32-/m0/s1. The van der Waals surface area contributed by atoms with Crippen LogP contribution in [-0.4, -0.2) is 22.7 Å². The monoisotopic (exact) mass is 497 g/mol. The number of rotatable bonds is 16. The lowest BCUT2D eigenvalue weighted by Gasteiger charge is -2.30. The molecule has 4 heteroatoms. The Bertz CT molecular complexity index is 1040. The molecule has 0 aliphatic carbocycles. The van der Waals surface area contributed by atoms with Crippen LogP contribution in [0.15, 0.2) is 103 Å². The topological polar surface area (TPSA) is 46.6 Å². The van der Waals surface area contributed by atoms with Crippen molar-refractivity contribution < 1.29 is 14.3 Å². The summed E-state index contributed by atoms with van der Waals surface area (Å²) in [5, 5.41) is 0. The minimum atomic E-state index is -0.441. The van der Waals surface area contributed by atoms with Gasteiger partial charge in [0.05, 0.1) is 0 Å². The Hall–Kier alpha value is -3.50. The molecule has 194 valence electrons. The van der Waals surface area contributed by atoms with Gasteiger partial charge in [0.2, 0.25) is 0 Å². The first-order valence-electron chi connectivity index (χ1n) is 13.4. The van der Waals surface area contributed by atoms with Gasteiger partial charge in [-0.15, -0.1) is 0 Å². The Labute approximate surface area is 222 Å². The van der Waals surface area contributed by atoms with Crippen molar-refractivity contribution in [1.82, 2.24) is 4.90 Å². The van der Waals surface area contributed by atoms with Crippen LogP contribution in [0.4, 0.5) is 0 Å². The molecule has 0 fully saturated rings. The highest BCUT2D eigenvalue weighted by molar-refractivity contribution is 5.89. The molecule has 0 spiro atoms. The molecule has 0 N–H and O–H groups in total. The first kappa shape index (κ1) is 28.1. The predicted molar refractivity (Wildman–Crippen MR) is 150 cm³/mol. The molecule has 0 saturated carbocycles. The molecule has 0 aliphatic heterocycles. The fraction of sp³-hybridized carbons (Fsp3) is 0.333. The summed E-state index contributed by atoms with van der Waals surface area (Å²) in [4.78, 5) is 27.9. The molecule has 1 atom stereocenters. The van der Waals surface area contributed by atoms with Crippen LogP contribution in [0.1, 0.15) is 62.1 Å². The molecule has 0 saturated heterocycles. The second-order valence-electron chi connectivity index (χ2n) is 9.39. The maximum Gasteiger partial charge on any atom is 0.323 e. The summed E-state index contributed by atoms with van der Waals surface area (Å²) in [7, 11) is 0. The van der Waals surface area contributed by atoms with Gasteiger partial charge in [-0.3, -0.25) is 14.5 Å². The number of ether oxygens (including phenoxy) is 1. The van der Waals surface area contributed by atoms with Gasteiger partial charge in [-0.25, -0.2) is 0 Å². The first-order chi connectivity index (χ1) is 18.2. The van der Waals surface area contributed by atoms with Crippen molar-refractivity contribution in [1.29, 1.82) is 0 Å². The number of carbonyl (C=O) groups excluding carboxylic acids is 2. The van der Waals surface area contributed by atoms with Crippen LogP contribution in [0, 0.1) is 0 Å². The van der Waals surface area contributed by atoms with Crippen LogP contribution in [0.3, 0.4) is 0 Å². The van der Waals surface area contributed by atoms with Gasteiger partial charge in [0.15, 0.2) is 5.78 Å². The van der Waals surface area contributed by atoms with Crippen molar-refractivity contribution >= 4 is 11.8 Å². The molecule has 0 heterocycles. The number of unbranched alkanes of at least 4 members (excludes halogenated alkanes) is 2. The number of benzene rings is 3. The number of hydrogen-bond donors (Lipinski definition) is 0. The second-order valence-corrected chi connectivity index (χ2v) is 9.39. The van der Waals surface area contributed by atoms with Gasteiger partial charge in [-0.2, -0.15) is 0 Å². The van der Waals surface area contributed by atoms with Crippen LogP contribution < -0.4 is 0 Å². The van der Waals surface area contributed by atoms with Crippen LogP contribution >= 0.6 is 0 Å². The normalized spacial score (nSPS) is 12.1. The van der Waals surface area contributed by atoms with Crippen molar-refractivity contribution in [3.8, 4) is 0 Å². The summed E-state index contributed by atoms with van der Waals surface area (Å²) in [5.74, 6) is -0.0829. The lowest BCUT2D eigenvalue weighted by atomic mass is 10.0. The number of nitrogens with zero attached hydrogens (tertiary/aromatic N) is 1. The summed E-state index contributed by atoms with van der Waals surface area (Å²) in [6.45, 7) is 3.63. The zero-order valence-electron chi connectivity index (χ0n) is 21.9. The number of allylic oxidation sites excluding steroid dienone is 2. The molecular weight excluding hydrogens is 458 g/mol. The molecule has 0 radical (unpaired) electrons. The third-order valence-corrected chi connectivity index (χ3v) is 6.33. The molecule has 3 aromatic carbocycles. The Balaban J connectivity index is 1.75. The molecular formula is C33H39NO3. The Morgan fingerprint density at radius 3 is 1.86 bits per heavy atom. The van der Waals surface area contributed by atoms with Crippen molar-refractivity contribution in [2.45, 2.75) is 71.2 Å². The summed E-state index contributed by atoms with van der Waals surface area (Å²) in [6, 6.07) is 29.7. The summed E-state index contributed by atoms with van der Waals surface area (Å²) < 4.78 is 5.82. The van der Waals surface area contributed by atoms with E-state index in [9.17, 15) is 9.59 Å². The van der Waals surface area contributed by atoms with E-state index < -0.39 is 6.04 Å². The molecule has 3 rings (SSSR count). The molecule has 0 bridgehead atoms. The second kappa shape index (κ2) is 16.3.